The standard InChI is InChI=1S/C21H20Cl2N2O3/c1-13-9-19-16(11-17(13)23)18(26)12-21(28-19)5-7-25(8-6-21)20(27)24-15-4-2-3-14(22)10-15/h2-4,9-11H,5-8,12H2,1H3,(H,24,27). The van der Waals surface area contributed by atoms with Crippen LogP contribution >= 0.6 is 23.2 Å². The number of ether oxygens (including phenoxy) is 1. The van der Waals surface area contributed by atoms with Gasteiger partial charge in [-0.2, -0.15) is 0 Å². The zero-order chi connectivity index (χ0) is 19.9. The monoisotopic (exact) mass is 418 g/mol. The van der Waals surface area contributed by atoms with Gasteiger partial charge in [0.2, 0.25) is 0 Å². The predicted octanol–water partition coefficient (Wildman–Crippen LogP) is 5.33. The van der Waals surface area contributed by atoms with Gasteiger partial charge in [-0.25, -0.2) is 4.79 Å². The average Bonchev–Trinajstić information content (AvgIpc) is 2.64. The molecule has 2 aliphatic rings. The van der Waals surface area contributed by atoms with Gasteiger partial charge in [0.1, 0.15) is 11.4 Å². The molecule has 5 nitrogen and oxygen atoms in total. The highest BCUT2D eigenvalue weighted by Crippen LogP contribution is 2.41. The Bertz CT molecular complexity index is 953. The first-order valence-electron chi connectivity index (χ1n) is 9.19. The van der Waals surface area contributed by atoms with E-state index < -0.39 is 5.60 Å². The van der Waals surface area contributed by atoms with Crippen LogP contribution in [0.25, 0.3) is 0 Å². The van der Waals surface area contributed by atoms with Gasteiger partial charge in [-0.1, -0.05) is 29.3 Å². The number of ketones is 1. The summed E-state index contributed by atoms with van der Waals surface area (Å²) in [5, 5.41) is 4.00. The summed E-state index contributed by atoms with van der Waals surface area (Å²) in [6, 6.07) is 10.4. The van der Waals surface area contributed by atoms with Crippen molar-refractivity contribution in [3.8, 4) is 5.75 Å². The van der Waals surface area contributed by atoms with E-state index in [1.807, 2.05) is 13.0 Å². The van der Waals surface area contributed by atoms with Crippen LogP contribution in [0.2, 0.25) is 10.0 Å². The number of carbonyl (C=O) groups excluding carboxylic acids is 2. The van der Waals surface area contributed by atoms with E-state index in [1.165, 1.54) is 0 Å². The lowest BCUT2D eigenvalue weighted by atomic mass is 9.82. The van der Waals surface area contributed by atoms with Gasteiger partial charge in [0.15, 0.2) is 5.78 Å². The summed E-state index contributed by atoms with van der Waals surface area (Å²) in [5.41, 5.74) is 1.52. The molecule has 146 valence electrons. The van der Waals surface area contributed by atoms with Crippen LogP contribution in [0, 0.1) is 6.92 Å². The minimum atomic E-state index is -0.558. The van der Waals surface area contributed by atoms with Crippen molar-refractivity contribution in [1.29, 1.82) is 0 Å². The second-order valence-electron chi connectivity index (χ2n) is 7.41. The van der Waals surface area contributed by atoms with Gasteiger partial charge >= 0.3 is 6.03 Å². The lowest BCUT2D eigenvalue weighted by Crippen LogP contribution is -2.53. The predicted molar refractivity (Wildman–Crippen MR) is 110 cm³/mol. The number of benzene rings is 2. The van der Waals surface area contributed by atoms with Crippen LogP contribution in [0.5, 0.6) is 5.75 Å². The summed E-state index contributed by atoms with van der Waals surface area (Å²) in [6.07, 6.45) is 1.51. The second-order valence-corrected chi connectivity index (χ2v) is 8.25. The van der Waals surface area contributed by atoms with Crippen molar-refractivity contribution in [2.75, 3.05) is 18.4 Å². The number of nitrogens with one attached hydrogen (secondary N) is 1. The molecule has 1 saturated heterocycles. The van der Waals surface area contributed by atoms with Crippen LogP contribution in [-0.2, 0) is 0 Å². The number of Topliss-reactive ketones (excluding diaryl/α,β-unsaturated/α-hetero) is 1. The molecule has 0 saturated carbocycles. The fourth-order valence-corrected chi connectivity index (χ4v) is 4.13. The van der Waals surface area contributed by atoms with Crippen LogP contribution in [0.4, 0.5) is 10.5 Å². The molecule has 0 bridgehead atoms. The summed E-state index contributed by atoms with van der Waals surface area (Å²) in [4.78, 5) is 26.9. The number of nitrogens with zero attached hydrogens (tertiary/aromatic N) is 1. The number of likely N-dealkylation sites (tertiary alicyclic amines) is 1. The summed E-state index contributed by atoms with van der Waals surface area (Å²) in [7, 11) is 0. The van der Waals surface area contributed by atoms with Crippen molar-refractivity contribution in [3.63, 3.8) is 0 Å². The molecule has 1 spiro atoms. The third-order valence-electron chi connectivity index (χ3n) is 5.41. The number of piperidine rings is 1. The van der Waals surface area contributed by atoms with Gasteiger partial charge in [0.05, 0.1) is 12.0 Å². The third kappa shape index (κ3) is 3.69. The highest BCUT2D eigenvalue weighted by atomic mass is 35.5. The lowest BCUT2D eigenvalue weighted by Gasteiger charge is -2.44. The Balaban J connectivity index is 1.44. The zero-order valence-electron chi connectivity index (χ0n) is 15.4. The highest BCUT2D eigenvalue weighted by molar-refractivity contribution is 6.32. The molecule has 7 heteroatoms. The van der Waals surface area contributed by atoms with Gasteiger partial charge < -0.3 is 15.0 Å². The third-order valence-corrected chi connectivity index (χ3v) is 6.05. The molecular formula is C21H20Cl2N2O3. The number of carbonyl (C=O) groups is 2. The Labute approximate surface area is 173 Å². The maximum absolute atomic E-state index is 12.7. The molecule has 0 radical (unpaired) electrons. The van der Waals surface area contributed by atoms with E-state index in [2.05, 4.69) is 5.32 Å². The van der Waals surface area contributed by atoms with Gasteiger partial charge in [-0.05, 0) is 42.8 Å². The Kier molecular flexibility index (Phi) is 4.98. The van der Waals surface area contributed by atoms with Crippen molar-refractivity contribution >= 4 is 40.7 Å². The molecule has 0 aliphatic carbocycles. The number of halogens is 2. The number of hydrogen-bond acceptors (Lipinski definition) is 3. The quantitative estimate of drug-likeness (QED) is 0.680. The Morgan fingerprint density at radius 2 is 1.93 bits per heavy atom. The zero-order valence-corrected chi connectivity index (χ0v) is 16.9. The van der Waals surface area contributed by atoms with Crippen LogP contribution in [0.3, 0.4) is 0 Å². The summed E-state index contributed by atoms with van der Waals surface area (Å²) in [5.74, 6) is 0.634. The average molecular weight is 419 g/mol. The van der Waals surface area contributed by atoms with Crippen molar-refractivity contribution in [1.82, 2.24) is 4.90 Å². The molecular weight excluding hydrogens is 399 g/mol. The van der Waals surface area contributed by atoms with Gasteiger partial charge in [0, 0.05) is 41.7 Å². The number of amides is 2. The van der Waals surface area contributed by atoms with E-state index in [0.717, 1.165) is 5.56 Å². The second kappa shape index (κ2) is 7.30. The number of urea groups is 1. The van der Waals surface area contributed by atoms with E-state index in [9.17, 15) is 9.59 Å². The van der Waals surface area contributed by atoms with Crippen molar-refractivity contribution < 1.29 is 14.3 Å². The van der Waals surface area contributed by atoms with Crippen molar-refractivity contribution in [2.24, 2.45) is 0 Å². The number of hydrogen-bond donors (Lipinski definition) is 1. The van der Waals surface area contributed by atoms with Crippen LogP contribution < -0.4 is 10.1 Å². The molecule has 2 aromatic rings. The van der Waals surface area contributed by atoms with Gasteiger partial charge in [0.25, 0.3) is 0 Å². The van der Waals surface area contributed by atoms with Gasteiger partial charge in [-0.3, -0.25) is 4.79 Å². The topological polar surface area (TPSA) is 58.6 Å². The van der Waals surface area contributed by atoms with E-state index in [1.54, 1.807) is 35.2 Å². The molecule has 0 aromatic heterocycles. The molecule has 2 amide bonds. The molecule has 28 heavy (non-hydrogen) atoms. The molecule has 1 fully saturated rings. The SMILES string of the molecule is Cc1cc2c(cc1Cl)C(=O)CC1(CCN(C(=O)Nc3cccc(Cl)c3)CC1)O2. The van der Waals surface area contributed by atoms with Crippen LogP contribution in [0.1, 0.15) is 35.2 Å². The maximum atomic E-state index is 12.7. The molecule has 0 atom stereocenters. The fourth-order valence-electron chi connectivity index (χ4n) is 3.78. The van der Waals surface area contributed by atoms with Crippen molar-refractivity contribution in [2.45, 2.75) is 31.8 Å². The van der Waals surface area contributed by atoms with E-state index >= 15 is 0 Å². The first kappa shape index (κ1) is 19.1. The Hall–Kier alpha value is -2.24. The van der Waals surface area contributed by atoms with Crippen LogP contribution in [-0.4, -0.2) is 35.4 Å². The number of anilines is 1. The molecule has 2 aliphatic heterocycles. The molecule has 1 N–H and O–H groups in total. The fraction of sp³-hybridized carbons (Fsp3) is 0.333. The largest absolute Gasteiger partial charge is 0.486 e. The first-order valence-corrected chi connectivity index (χ1v) is 9.95. The minimum absolute atomic E-state index is 0.0416. The lowest BCUT2D eigenvalue weighted by molar-refractivity contribution is 0.000359. The minimum Gasteiger partial charge on any atom is -0.486 e. The van der Waals surface area contributed by atoms with Gasteiger partial charge in [-0.15, -0.1) is 0 Å². The van der Waals surface area contributed by atoms with E-state index in [0.29, 0.717) is 59.4 Å². The smallest absolute Gasteiger partial charge is 0.321 e. The maximum Gasteiger partial charge on any atom is 0.321 e. The first-order chi connectivity index (χ1) is 13.3. The number of rotatable bonds is 1. The molecule has 4 rings (SSSR count). The molecule has 2 aromatic carbocycles. The summed E-state index contributed by atoms with van der Waals surface area (Å²) < 4.78 is 6.27. The summed E-state index contributed by atoms with van der Waals surface area (Å²) in [6.45, 7) is 2.92. The van der Waals surface area contributed by atoms with Crippen molar-refractivity contribution in [3.05, 3.63) is 57.6 Å². The number of fused-ring (bicyclic) bond motifs is 1. The van der Waals surface area contributed by atoms with E-state index in [-0.39, 0.29) is 11.8 Å². The number of aryl methyl sites for hydroxylation is 1. The highest BCUT2D eigenvalue weighted by Gasteiger charge is 2.43. The normalized spacial score (nSPS) is 17.8. The summed E-state index contributed by atoms with van der Waals surface area (Å²) >= 11 is 12.1. The molecule has 2 heterocycles. The van der Waals surface area contributed by atoms with E-state index in [4.69, 9.17) is 27.9 Å². The van der Waals surface area contributed by atoms with Crippen LogP contribution in [0.15, 0.2) is 36.4 Å². The molecule has 0 unspecified atom stereocenters. The Morgan fingerprint density at radius 3 is 2.64 bits per heavy atom. The Morgan fingerprint density at radius 1 is 1.18 bits per heavy atom.